The van der Waals surface area contributed by atoms with Crippen LogP contribution in [-0.2, 0) is 12.8 Å². The first-order chi connectivity index (χ1) is 13.3. The molecule has 3 unspecified atom stereocenters. The Balaban J connectivity index is 1.38. The van der Waals surface area contributed by atoms with Crippen molar-refractivity contribution in [1.82, 2.24) is 10.2 Å². The maximum Gasteiger partial charge on any atom is 0.0488 e. The third-order valence-electron chi connectivity index (χ3n) is 6.98. The van der Waals surface area contributed by atoms with E-state index in [0.717, 1.165) is 6.67 Å². The van der Waals surface area contributed by atoms with Crippen LogP contribution in [0.2, 0.25) is 0 Å². The molecule has 136 valence electrons. The number of hydrogen-bond donors (Lipinski definition) is 1. The van der Waals surface area contributed by atoms with E-state index < -0.39 is 0 Å². The van der Waals surface area contributed by atoms with E-state index in [2.05, 4.69) is 64.8 Å². The molecule has 3 aliphatic heterocycles. The van der Waals surface area contributed by atoms with Crippen LogP contribution in [-0.4, -0.2) is 24.2 Å². The zero-order valence-electron chi connectivity index (χ0n) is 15.7. The van der Waals surface area contributed by atoms with E-state index in [-0.39, 0.29) is 0 Å². The highest BCUT2D eigenvalue weighted by atomic mass is 15.3. The van der Waals surface area contributed by atoms with Gasteiger partial charge in [-0.2, -0.15) is 0 Å². The molecule has 2 nitrogen and oxygen atoms in total. The number of nitrogens with one attached hydrogen (secondary N) is 1. The molecule has 3 heterocycles. The van der Waals surface area contributed by atoms with Crippen LogP contribution < -0.4 is 5.32 Å². The van der Waals surface area contributed by atoms with Crippen LogP contribution >= 0.6 is 0 Å². The van der Waals surface area contributed by atoms with Crippen molar-refractivity contribution in [2.75, 3.05) is 13.2 Å². The van der Waals surface area contributed by atoms with Gasteiger partial charge in [-0.1, -0.05) is 42.5 Å². The van der Waals surface area contributed by atoms with Crippen LogP contribution in [0.3, 0.4) is 0 Å². The van der Waals surface area contributed by atoms with Crippen LogP contribution in [0.15, 0.2) is 54.6 Å². The number of rotatable bonds is 2. The van der Waals surface area contributed by atoms with Gasteiger partial charge in [0.2, 0.25) is 0 Å². The minimum Gasteiger partial charge on any atom is -0.301 e. The predicted octanol–water partition coefficient (Wildman–Crippen LogP) is 5.06. The zero-order chi connectivity index (χ0) is 17.8. The van der Waals surface area contributed by atoms with Crippen molar-refractivity contribution in [2.24, 2.45) is 0 Å². The van der Waals surface area contributed by atoms with Gasteiger partial charge in [0.05, 0.1) is 0 Å². The summed E-state index contributed by atoms with van der Waals surface area (Å²) in [6, 6.07) is 22.4. The fourth-order valence-corrected chi connectivity index (χ4v) is 5.39. The SMILES string of the molecule is c1cc2c(cc1-c1ccc3ccc(C4CC5CCN4CN5)cc3c1)CCC2. The van der Waals surface area contributed by atoms with Gasteiger partial charge in [0, 0.05) is 25.3 Å². The summed E-state index contributed by atoms with van der Waals surface area (Å²) in [5, 5.41) is 6.35. The fourth-order valence-electron chi connectivity index (χ4n) is 5.39. The third kappa shape index (κ3) is 2.70. The second kappa shape index (κ2) is 6.19. The first-order valence-electron chi connectivity index (χ1n) is 10.5. The monoisotopic (exact) mass is 354 g/mol. The molecule has 2 heteroatoms. The number of aryl methyl sites for hydroxylation is 2. The van der Waals surface area contributed by atoms with Crippen LogP contribution in [0.25, 0.3) is 21.9 Å². The van der Waals surface area contributed by atoms with E-state index in [1.807, 2.05) is 0 Å². The minimum atomic E-state index is 0.582. The summed E-state index contributed by atoms with van der Waals surface area (Å²) in [4.78, 5) is 2.60. The van der Waals surface area contributed by atoms with E-state index in [0.29, 0.717) is 12.1 Å². The summed E-state index contributed by atoms with van der Waals surface area (Å²) in [5.74, 6) is 0. The Kier molecular flexibility index (Phi) is 3.63. The van der Waals surface area contributed by atoms with Crippen molar-refractivity contribution in [3.63, 3.8) is 0 Å². The lowest BCUT2D eigenvalue weighted by Gasteiger charge is -2.46. The molecule has 7 rings (SSSR count). The molecule has 3 aromatic carbocycles. The molecule has 0 aromatic heterocycles. The maximum atomic E-state index is 3.63. The van der Waals surface area contributed by atoms with E-state index in [1.165, 1.54) is 66.1 Å². The van der Waals surface area contributed by atoms with Crippen LogP contribution in [0.1, 0.15) is 42.0 Å². The van der Waals surface area contributed by atoms with Gasteiger partial charge in [0.15, 0.2) is 0 Å². The summed E-state index contributed by atoms with van der Waals surface area (Å²) in [7, 11) is 0. The molecule has 2 bridgehead atoms. The van der Waals surface area contributed by atoms with Crippen molar-refractivity contribution in [1.29, 1.82) is 0 Å². The summed E-state index contributed by atoms with van der Waals surface area (Å²) >= 11 is 0. The molecule has 3 atom stereocenters. The Labute approximate surface area is 161 Å². The molecule has 4 aliphatic rings. The fraction of sp³-hybridized carbons (Fsp3) is 0.360. The topological polar surface area (TPSA) is 15.3 Å². The van der Waals surface area contributed by atoms with Crippen molar-refractivity contribution in [2.45, 2.75) is 44.2 Å². The highest BCUT2D eigenvalue weighted by Gasteiger charge is 2.33. The van der Waals surface area contributed by atoms with Gasteiger partial charge in [0.1, 0.15) is 0 Å². The zero-order valence-corrected chi connectivity index (χ0v) is 15.7. The number of benzene rings is 3. The van der Waals surface area contributed by atoms with Crippen molar-refractivity contribution >= 4 is 10.8 Å². The van der Waals surface area contributed by atoms with Gasteiger partial charge >= 0.3 is 0 Å². The molecular formula is C25H26N2. The lowest BCUT2D eigenvalue weighted by molar-refractivity contribution is 0.0553. The highest BCUT2D eigenvalue weighted by molar-refractivity contribution is 5.88. The summed E-state index contributed by atoms with van der Waals surface area (Å²) < 4.78 is 0. The molecule has 3 fully saturated rings. The first-order valence-corrected chi connectivity index (χ1v) is 10.5. The van der Waals surface area contributed by atoms with E-state index in [9.17, 15) is 0 Å². The molecular weight excluding hydrogens is 328 g/mol. The first kappa shape index (κ1) is 15.9. The lowest BCUT2D eigenvalue weighted by Crippen LogP contribution is -2.55. The Morgan fingerprint density at radius 1 is 0.815 bits per heavy atom. The second-order valence-corrected chi connectivity index (χ2v) is 8.57. The second-order valence-electron chi connectivity index (χ2n) is 8.57. The van der Waals surface area contributed by atoms with Gasteiger partial charge in [-0.15, -0.1) is 0 Å². The molecule has 1 aliphatic carbocycles. The maximum absolute atomic E-state index is 3.63. The summed E-state index contributed by atoms with van der Waals surface area (Å²) in [5.41, 5.74) is 7.31. The van der Waals surface area contributed by atoms with E-state index in [4.69, 9.17) is 0 Å². The third-order valence-corrected chi connectivity index (χ3v) is 6.98. The Morgan fingerprint density at radius 2 is 1.67 bits per heavy atom. The van der Waals surface area contributed by atoms with Crippen molar-refractivity contribution < 1.29 is 0 Å². The van der Waals surface area contributed by atoms with Crippen LogP contribution in [0.5, 0.6) is 0 Å². The van der Waals surface area contributed by atoms with E-state index >= 15 is 0 Å². The summed E-state index contributed by atoms with van der Waals surface area (Å²) in [6.45, 7) is 2.28. The molecule has 27 heavy (non-hydrogen) atoms. The molecule has 0 amide bonds. The standard InChI is InChI=1S/C25H26N2/c1-2-17-4-7-20(12-19(17)3-1)21-8-5-18-6-9-22(14-23(18)13-21)25-15-24-10-11-27(25)16-26-24/h4-9,12-14,24-26H,1-3,10-11,15-16H2. The predicted molar refractivity (Wildman–Crippen MR) is 112 cm³/mol. The number of hydrogen-bond acceptors (Lipinski definition) is 2. The Bertz CT molecular complexity index is 1010. The molecule has 0 saturated carbocycles. The number of fused-ring (bicyclic) bond motifs is 5. The molecule has 0 radical (unpaired) electrons. The Hall–Kier alpha value is -2.16. The Morgan fingerprint density at radius 3 is 2.52 bits per heavy atom. The molecule has 3 aromatic rings. The summed E-state index contributed by atoms with van der Waals surface area (Å²) in [6.07, 6.45) is 6.36. The molecule has 1 N–H and O–H groups in total. The largest absolute Gasteiger partial charge is 0.301 e. The average molecular weight is 354 g/mol. The average Bonchev–Trinajstić information content (AvgIpc) is 3.21. The van der Waals surface area contributed by atoms with Gasteiger partial charge in [-0.25, -0.2) is 0 Å². The van der Waals surface area contributed by atoms with Gasteiger partial charge in [-0.3, -0.25) is 4.90 Å². The lowest BCUT2D eigenvalue weighted by atomic mass is 9.88. The van der Waals surface area contributed by atoms with Crippen LogP contribution in [0, 0.1) is 0 Å². The van der Waals surface area contributed by atoms with Gasteiger partial charge in [0.25, 0.3) is 0 Å². The molecule has 3 saturated heterocycles. The normalized spacial score (nSPS) is 26.4. The van der Waals surface area contributed by atoms with Crippen molar-refractivity contribution in [3.8, 4) is 11.1 Å². The smallest absolute Gasteiger partial charge is 0.0488 e. The van der Waals surface area contributed by atoms with Gasteiger partial charge in [-0.05, 0) is 82.8 Å². The quantitative estimate of drug-likeness (QED) is 0.692. The number of nitrogens with zero attached hydrogens (tertiary/aromatic N) is 1. The number of piperidine rings is 1. The van der Waals surface area contributed by atoms with Crippen molar-refractivity contribution in [3.05, 3.63) is 71.3 Å². The van der Waals surface area contributed by atoms with E-state index in [1.54, 1.807) is 11.1 Å². The minimum absolute atomic E-state index is 0.582. The molecule has 0 spiro atoms. The highest BCUT2D eigenvalue weighted by Crippen LogP contribution is 2.36. The van der Waals surface area contributed by atoms with Gasteiger partial charge < -0.3 is 5.32 Å². The van der Waals surface area contributed by atoms with Crippen LogP contribution in [0.4, 0.5) is 0 Å².